The van der Waals surface area contributed by atoms with Crippen LogP contribution in [0.4, 0.5) is 4.39 Å². The van der Waals surface area contributed by atoms with Crippen molar-refractivity contribution in [3.63, 3.8) is 0 Å². The van der Waals surface area contributed by atoms with Crippen LogP contribution in [0.25, 0.3) is 15.7 Å². The summed E-state index contributed by atoms with van der Waals surface area (Å²) in [4.78, 5) is 11.7. The van der Waals surface area contributed by atoms with Crippen molar-refractivity contribution in [1.82, 2.24) is 14.6 Å². The number of hydrogen-bond donors (Lipinski definition) is 1. The first-order valence-corrected chi connectivity index (χ1v) is 6.25. The van der Waals surface area contributed by atoms with E-state index in [1.165, 1.54) is 6.07 Å². The lowest BCUT2D eigenvalue weighted by atomic mass is 10.4. The van der Waals surface area contributed by atoms with E-state index in [1.807, 2.05) is 0 Å². The topological polar surface area (TPSA) is 50.2 Å². The smallest absolute Gasteiger partial charge is 0.288 e. The predicted molar refractivity (Wildman–Crippen MR) is 63.1 cm³/mol. The maximum atomic E-state index is 13.2. The lowest BCUT2D eigenvalue weighted by Gasteiger charge is -2.02. The van der Waals surface area contributed by atoms with Crippen LogP contribution < -0.4 is 5.56 Å². The average molecular weight is 249 g/mol. The molecule has 0 aliphatic heterocycles. The maximum Gasteiger partial charge on any atom is 0.288 e. The van der Waals surface area contributed by atoms with Gasteiger partial charge in [0.1, 0.15) is 11.3 Å². The van der Waals surface area contributed by atoms with Crippen LogP contribution in [0.2, 0.25) is 0 Å². The van der Waals surface area contributed by atoms with Crippen molar-refractivity contribution < 1.29 is 4.39 Å². The summed E-state index contributed by atoms with van der Waals surface area (Å²) in [7, 11) is 0. The Labute approximate surface area is 98.7 Å². The first-order valence-electron chi connectivity index (χ1n) is 5.43. The number of aromatic amines is 1. The lowest BCUT2D eigenvalue weighted by molar-refractivity contribution is 0.657. The average Bonchev–Trinajstić information content (AvgIpc) is 2.98. The second-order valence-corrected chi connectivity index (χ2v) is 5.38. The quantitative estimate of drug-likeness (QED) is 0.719. The van der Waals surface area contributed by atoms with Gasteiger partial charge < -0.3 is 0 Å². The highest BCUT2D eigenvalue weighted by molar-refractivity contribution is 7.17. The number of rotatable bonds is 1. The normalized spacial score (nSPS) is 16.1. The van der Waals surface area contributed by atoms with E-state index in [9.17, 15) is 9.18 Å². The summed E-state index contributed by atoms with van der Waals surface area (Å²) in [5, 5.41) is 6.39. The second-order valence-electron chi connectivity index (χ2n) is 4.35. The fourth-order valence-corrected chi connectivity index (χ4v) is 3.01. The van der Waals surface area contributed by atoms with Crippen molar-refractivity contribution in [2.45, 2.75) is 18.8 Å². The van der Waals surface area contributed by atoms with E-state index < -0.39 is 0 Å². The third kappa shape index (κ3) is 1.21. The fraction of sp³-hybridized carbons (Fsp3) is 0.273. The SMILES string of the molecule is O=c1[nH]nc(C2CC2)n2c1cc1sc(F)cc12. The zero-order valence-electron chi connectivity index (χ0n) is 8.74. The van der Waals surface area contributed by atoms with Gasteiger partial charge in [-0.15, -0.1) is 11.3 Å². The molecule has 3 heterocycles. The molecule has 4 nitrogen and oxygen atoms in total. The number of aromatic nitrogens is 3. The third-order valence-corrected chi connectivity index (χ3v) is 4.00. The van der Waals surface area contributed by atoms with Crippen LogP contribution in [-0.2, 0) is 0 Å². The molecule has 0 atom stereocenters. The van der Waals surface area contributed by atoms with Gasteiger partial charge in [0, 0.05) is 12.0 Å². The van der Waals surface area contributed by atoms with Gasteiger partial charge in [0.25, 0.3) is 5.56 Å². The summed E-state index contributed by atoms with van der Waals surface area (Å²) in [6, 6.07) is 3.20. The largest absolute Gasteiger partial charge is 0.290 e. The first kappa shape index (κ1) is 9.35. The van der Waals surface area contributed by atoms with E-state index in [-0.39, 0.29) is 10.7 Å². The molecule has 0 saturated heterocycles. The van der Waals surface area contributed by atoms with Gasteiger partial charge in [0.05, 0.1) is 10.2 Å². The maximum absolute atomic E-state index is 13.2. The van der Waals surface area contributed by atoms with Gasteiger partial charge in [-0.2, -0.15) is 9.49 Å². The molecular weight excluding hydrogens is 241 g/mol. The number of nitrogens with one attached hydrogen (secondary N) is 1. The highest BCUT2D eigenvalue weighted by Crippen LogP contribution is 2.40. The van der Waals surface area contributed by atoms with E-state index in [0.29, 0.717) is 11.4 Å². The zero-order valence-corrected chi connectivity index (χ0v) is 9.55. The molecule has 3 aromatic heterocycles. The highest BCUT2D eigenvalue weighted by atomic mass is 32.1. The predicted octanol–water partition coefficient (Wildman–Crippen LogP) is 2.25. The second kappa shape index (κ2) is 2.95. The molecule has 3 aromatic rings. The molecule has 1 saturated carbocycles. The molecule has 17 heavy (non-hydrogen) atoms. The number of halogens is 1. The van der Waals surface area contributed by atoms with Crippen molar-refractivity contribution in [2.75, 3.05) is 0 Å². The molecule has 1 fully saturated rings. The monoisotopic (exact) mass is 249 g/mol. The van der Waals surface area contributed by atoms with Gasteiger partial charge in [-0.3, -0.25) is 9.20 Å². The molecule has 1 N–H and O–H groups in total. The van der Waals surface area contributed by atoms with Crippen LogP contribution in [0, 0.1) is 5.13 Å². The summed E-state index contributed by atoms with van der Waals surface area (Å²) >= 11 is 1.06. The van der Waals surface area contributed by atoms with Crippen molar-refractivity contribution in [3.8, 4) is 0 Å². The molecule has 0 spiro atoms. The van der Waals surface area contributed by atoms with Gasteiger partial charge in [0.2, 0.25) is 0 Å². The molecule has 86 valence electrons. The molecule has 1 aliphatic rings. The van der Waals surface area contributed by atoms with Crippen LogP contribution >= 0.6 is 11.3 Å². The number of fused-ring (bicyclic) bond motifs is 3. The Hall–Kier alpha value is -1.69. The third-order valence-electron chi connectivity index (χ3n) is 3.14. The molecule has 0 unspecified atom stereocenters. The first-order chi connectivity index (χ1) is 8.24. The number of hydrogen-bond acceptors (Lipinski definition) is 3. The Kier molecular flexibility index (Phi) is 1.62. The van der Waals surface area contributed by atoms with Gasteiger partial charge in [0.15, 0.2) is 5.13 Å². The minimum atomic E-state index is -0.230. The zero-order chi connectivity index (χ0) is 11.6. The van der Waals surface area contributed by atoms with Gasteiger partial charge in [-0.05, 0) is 18.9 Å². The molecule has 1 aliphatic carbocycles. The summed E-state index contributed by atoms with van der Waals surface area (Å²) in [5.41, 5.74) is 1.09. The Morgan fingerprint density at radius 2 is 2.24 bits per heavy atom. The van der Waals surface area contributed by atoms with Crippen molar-refractivity contribution >= 4 is 27.1 Å². The van der Waals surface area contributed by atoms with E-state index in [0.717, 1.165) is 40.2 Å². The summed E-state index contributed by atoms with van der Waals surface area (Å²) in [6.45, 7) is 0. The molecule has 0 radical (unpaired) electrons. The van der Waals surface area contributed by atoms with E-state index in [4.69, 9.17) is 0 Å². The van der Waals surface area contributed by atoms with Crippen LogP contribution in [0.15, 0.2) is 16.9 Å². The van der Waals surface area contributed by atoms with Gasteiger partial charge in [-0.1, -0.05) is 0 Å². The Bertz CT molecular complexity index is 796. The number of H-pyrrole nitrogens is 1. The van der Waals surface area contributed by atoms with E-state index in [1.54, 1.807) is 10.5 Å². The van der Waals surface area contributed by atoms with Crippen molar-refractivity contribution in [2.24, 2.45) is 0 Å². The highest BCUT2D eigenvalue weighted by Gasteiger charge is 2.29. The van der Waals surface area contributed by atoms with Crippen LogP contribution in [0.3, 0.4) is 0 Å². The van der Waals surface area contributed by atoms with E-state index in [2.05, 4.69) is 10.2 Å². The molecular formula is C11H8FN3OS. The van der Waals surface area contributed by atoms with Gasteiger partial charge in [-0.25, -0.2) is 5.10 Å². The fourth-order valence-electron chi connectivity index (χ4n) is 2.21. The summed E-state index contributed by atoms with van der Waals surface area (Å²) in [6.07, 6.45) is 2.17. The lowest BCUT2D eigenvalue weighted by Crippen LogP contribution is -2.14. The van der Waals surface area contributed by atoms with Crippen LogP contribution in [-0.4, -0.2) is 14.6 Å². The number of nitrogens with zero attached hydrogens (tertiary/aromatic N) is 2. The Balaban J connectivity index is 2.24. The van der Waals surface area contributed by atoms with Crippen LogP contribution in [0.1, 0.15) is 24.6 Å². The summed E-state index contributed by atoms with van der Waals surface area (Å²) < 4.78 is 15.8. The van der Waals surface area contributed by atoms with E-state index >= 15 is 0 Å². The number of thiophene rings is 1. The molecule has 6 heteroatoms. The molecule has 0 aromatic carbocycles. The standard InChI is InChI=1S/C11H8FN3OS/c12-9-4-6-8(17-9)3-7-11(16)14-13-10(15(6)7)5-1-2-5/h3-5H,1-2H2,(H,14,16). The molecule has 0 bridgehead atoms. The van der Waals surface area contributed by atoms with Crippen molar-refractivity contribution in [3.05, 3.63) is 33.4 Å². The molecule has 0 amide bonds. The Morgan fingerprint density at radius 1 is 1.41 bits per heavy atom. The van der Waals surface area contributed by atoms with Crippen molar-refractivity contribution in [1.29, 1.82) is 0 Å². The molecule has 4 rings (SSSR count). The summed E-state index contributed by atoms with van der Waals surface area (Å²) in [5.74, 6) is 1.24. The van der Waals surface area contributed by atoms with Crippen LogP contribution in [0.5, 0.6) is 0 Å². The minimum absolute atomic E-state index is 0.224. The Morgan fingerprint density at radius 3 is 3.00 bits per heavy atom. The minimum Gasteiger partial charge on any atom is -0.290 e. The van der Waals surface area contributed by atoms with Gasteiger partial charge >= 0.3 is 0 Å².